The van der Waals surface area contributed by atoms with Crippen LogP contribution in [0.2, 0.25) is 0 Å². The lowest BCUT2D eigenvalue weighted by atomic mass is 9.83. The molecular formula is C33H30BrNO10S3. The number of hydrogen-bond acceptors (Lipinski definition) is 13. The van der Waals surface area contributed by atoms with Crippen molar-refractivity contribution in [3.05, 3.63) is 83.3 Å². The van der Waals surface area contributed by atoms with Crippen molar-refractivity contribution in [1.82, 2.24) is 0 Å². The zero-order valence-corrected chi connectivity index (χ0v) is 30.9. The fourth-order valence-electron chi connectivity index (χ4n) is 5.67. The van der Waals surface area contributed by atoms with Gasteiger partial charge in [-0.2, -0.15) is 0 Å². The van der Waals surface area contributed by atoms with Crippen molar-refractivity contribution in [1.29, 1.82) is 0 Å². The van der Waals surface area contributed by atoms with Gasteiger partial charge in [0.2, 0.25) is 0 Å². The third kappa shape index (κ3) is 5.73. The van der Waals surface area contributed by atoms with Gasteiger partial charge in [0.05, 0.1) is 51.8 Å². The Morgan fingerprint density at radius 2 is 1.38 bits per heavy atom. The fourth-order valence-corrected chi connectivity index (χ4v) is 11.1. The molecule has 252 valence electrons. The Balaban J connectivity index is 1.91. The molecule has 3 aliphatic heterocycles. The highest BCUT2D eigenvalue weighted by molar-refractivity contribution is 9.10. The van der Waals surface area contributed by atoms with Gasteiger partial charge in [-0.25, -0.2) is 19.2 Å². The highest BCUT2D eigenvalue weighted by Crippen LogP contribution is 2.71. The zero-order chi connectivity index (χ0) is 35.1. The number of esters is 4. The van der Waals surface area contributed by atoms with E-state index in [4.69, 9.17) is 23.7 Å². The lowest BCUT2D eigenvalue weighted by molar-refractivity contribution is -0.138. The number of halogens is 1. The van der Waals surface area contributed by atoms with Crippen LogP contribution in [0, 0.1) is 0 Å². The predicted octanol–water partition coefficient (Wildman–Crippen LogP) is 6.08. The summed E-state index contributed by atoms with van der Waals surface area (Å²) >= 11 is 6.13. The summed E-state index contributed by atoms with van der Waals surface area (Å²) in [7, 11) is 4.67. The zero-order valence-electron chi connectivity index (χ0n) is 26.9. The molecule has 15 heteroatoms. The standard InChI is InChI=1S/C33H30BrNO10S3/c1-8-45-18-12-13-20-19(15-18)21-26(32(2,3)35(20)27(36)16-10-9-11-17(34)14-16)46-23(29(38)42-5)22(28(37)41-4)33(21)47-24(30(39)43-6)25(48-33)31(40)44-7/h9-15H,8H2,1-7H3. The minimum Gasteiger partial charge on any atom is -0.494 e. The topological polar surface area (TPSA) is 135 Å². The lowest BCUT2D eigenvalue weighted by Gasteiger charge is -2.50. The van der Waals surface area contributed by atoms with Crippen LogP contribution in [0.1, 0.15) is 36.7 Å². The van der Waals surface area contributed by atoms with Gasteiger partial charge in [-0.3, -0.25) is 9.69 Å². The average molecular weight is 777 g/mol. The number of thioether (sulfide) groups is 3. The Kier molecular flexibility index (Phi) is 10.2. The number of rotatable bonds is 7. The van der Waals surface area contributed by atoms with Crippen LogP contribution in [0.5, 0.6) is 5.75 Å². The van der Waals surface area contributed by atoms with Gasteiger partial charge < -0.3 is 23.7 Å². The first kappa shape index (κ1) is 35.6. The summed E-state index contributed by atoms with van der Waals surface area (Å²) in [6.07, 6.45) is 0. The third-order valence-corrected chi connectivity index (χ3v) is 12.8. The van der Waals surface area contributed by atoms with Gasteiger partial charge in [0.15, 0.2) is 0 Å². The molecule has 0 fully saturated rings. The Labute approximate surface area is 297 Å². The first-order valence-electron chi connectivity index (χ1n) is 14.3. The van der Waals surface area contributed by atoms with Crippen molar-refractivity contribution in [3.63, 3.8) is 0 Å². The van der Waals surface area contributed by atoms with Crippen LogP contribution in [0.25, 0.3) is 5.57 Å². The number of benzene rings is 2. The van der Waals surface area contributed by atoms with E-state index in [1.165, 1.54) is 7.11 Å². The van der Waals surface area contributed by atoms with Crippen molar-refractivity contribution >= 4 is 92.3 Å². The van der Waals surface area contributed by atoms with E-state index in [-0.39, 0.29) is 26.2 Å². The number of ether oxygens (including phenoxy) is 5. The van der Waals surface area contributed by atoms with Crippen LogP contribution in [0.4, 0.5) is 5.69 Å². The molecule has 2 aromatic carbocycles. The number of carbonyl (C=O) groups is 5. The van der Waals surface area contributed by atoms with E-state index >= 15 is 0 Å². The molecule has 0 saturated heterocycles. The van der Waals surface area contributed by atoms with Gasteiger partial charge >= 0.3 is 23.9 Å². The second kappa shape index (κ2) is 13.7. The second-order valence-corrected chi connectivity index (χ2v) is 15.4. The number of hydrogen-bond donors (Lipinski definition) is 0. The maximum Gasteiger partial charge on any atom is 0.345 e. The molecule has 5 rings (SSSR count). The molecule has 0 aliphatic carbocycles. The van der Waals surface area contributed by atoms with Crippen LogP contribution in [0.15, 0.2) is 72.1 Å². The number of anilines is 1. The van der Waals surface area contributed by atoms with Gasteiger partial charge in [-0.05, 0) is 57.2 Å². The molecule has 48 heavy (non-hydrogen) atoms. The second-order valence-electron chi connectivity index (χ2n) is 10.8. The van der Waals surface area contributed by atoms with Crippen LogP contribution in [-0.2, 0) is 38.1 Å². The summed E-state index contributed by atoms with van der Waals surface area (Å²) in [6, 6.07) is 12.2. The van der Waals surface area contributed by atoms with E-state index in [1.807, 2.05) is 26.8 Å². The Morgan fingerprint density at radius 3 is 1.92 bits per heavy atom. The Morgan fingerprint density at radius 1 is 0.792 bits per heavy atom. The average Bonchev–Trinajstić information content (AvgIpc) is 3.47. The van der Waals surface area contributed by atoms with Crippen molar-refractivity contribution < 1.29 is 47.7 Å². The highest BCUT2D eigenvalue weighted by atomic mass is 79.9. The van der Waals surface area contributed by atoms with E-state index in [2.05, 4.69) is 15.9 Å². The third-order valence-electron chi connectivity index (χ3n) is 7.69. The normalized spacial score (nSPS) is 17.5. The number of fused-ring (bicyclic) bond motifs is 3. The maximum absolute atomic E-state index is 14.5. The molecule has 1 amide bonds. The molecule has 0 unspecified atom stereocenters. The Bertz CT molecular complexity index is 1840. The molecule has 3 heterocycles. The quantitative estimate of drug-likeness (QED) is 0.238. The molecule has 0 bridgehead atoms. The van der Waals surface area contributed by atoms with Crippen LogP contribution in [0.3, 0.4) is 0 Å². The number of amides is 1. The van der Waals surface area contributed by atoms with Gasteiger partial charge in [0.1, 0.15) is 24.5 Å². The molecule has 2 aromatic rings. The van der Waals surface area contributed by atoms with Crippen molar-refractivity contribution in [2.75, 3.05) is 39.9 Å². The maximum atomic E-state index is 14.5. The van der Waals surface area contributed by atoms with Crippen molar-refractivity contribution in [3.8, 4) is 5.75 Å². The molecule has 3 aliphatic rings. The van der Waals surface area contributed by atoms with Crippen molar-refractivity contribution in [2.45, 2.75) is 30.4 Å². The van der Waals surface area contributed by atoms with Gasteiger partial charge in [0.25, 0.3) is 5.91 Å². The minimum absolute atomic E-state index is 0.133. The van der Waals surface area contributed by atoms with Crippen LogP contribution >= 0.6 is 51.2 Å². The van der Waals surface area contributed by atoms with Gasteiger partial charge in [-0.1, -0.05) is 57.3 Å². The highest BCUT2D eigenvalue weighted by Gasteiger charge is 2.62. The summed E-state index contributed by atoms with van der Waals surface area (Å²) in [5, 5.41) is 0. The van der Waals surface area contributed by atoms with E-state index in [0.29, 0.717) is 44.1 Å². The van der Waals surface area contributed by atoms with E-state index in [0.717, 1.165) is 56.6 Å². The monoisotopic (exact) mass is 775 g/mol. The largest absolute Gasteiger partial charge is 0.494 e. The first-order chi connectivity index (χ1) is 22.8. The summed E-state index contributed by atoms with van der Waals surface area (Å²) in [5.74, 6) is -3.32. The minimum atomic E-state index is -1.70. The predicted molar refractivity (Wildman–Crippen MR) is 187 cm³/mol. The molecule has 1 spiro atoms. The molecule has 0 N–H and O–H groups in total. The summed E-state index contributed by atoms with van der Waals surface area (Å²) in [5.41, 5.74) is 0.426. The summed E-state index contributed by atoms with van der Waals surface area (Å²) in [6.45, 7) is 5.79. The van der Waals surface area contributed by atoms with Crippen LogP contribution < -0.4 is 9.64 Å². The molecule has 0 saturated carbocycles. The van der Waals surface area contributed by atoms with Gasteiger partial charge in [0, 0.05) is 26.1 Å². The van der Waals surface area contributed by atoms with Crippen molar-refractivity contribution in [2.24, 2.45) is 0 Å². The molecule has 0 radical (unpaired) electrons. The van der Waals surface area contributed by atoms with E-state index in [1.54, 1.807) is 41.3 Å². The van der Waals surface area contributed by atoms with Gasteiger partial charge in [-0.15, -0.1) is 0 Å². The van der Waals surface area contributed by atoms with E-state index in [9.17, 15) is 24.0 Å². The molecule has 0 aromatic heterocycles. The smallest absolute Gasteiger partial charge is 0.345 e. The van der Waals surface area contributed by atoms with E-state index < -0.39 is 33.5 Å². The molecule has 0 atom stereocenters. The first-order valence-corrected chi connectivity index (χ1v) is 17.6. The Hall–Kier alpha value is -3.66. The molecular weight excluding hydrogens is 746 g/mol. The summed E-state index contributed by atoms with van der Waals surface area (Å²) < 4.78 is 25.4. The fraction of sp³-hybridized carbons (Fsp3) is 0.303. The number of methoxy groups -OCH3 is 4. The number of nitrogens with zero attached hydrogens (tertiary/aromatic N) is 1. The summed E-state index contributed by atoms with van der Waals surface area (Å²) in [4.78, 5) is 70.1. The molecule has 11 nitrogen and oxygen atoms in total. The SMILES string of the molecule is CCOc1ccc2c(c1)C1=C(SC(C(=O)OC)=C(C(=O)OC)C13SC(C(=O)OC)=C(C(=O)OC)S3)C(C)(C)N2C(=O)c1cccc(Br)c1. The van der Waals surface area contributed by atoms with Crippen LogP contribution in [-0.4, -0.2) is 74.4 Å². The number of carbonyl (C=O) groups excluding carboxylic acids is 5. The lowest BCUT2D eigenvalue weighted by Crippen LogP contribution is -2.53.